The van der Waals surface area contributed by atoms with Crippen molar-refractivity contribution in [2.75, 3.05) is 26.2 Å². The number of carbonyl (C=O) groups excluding carboxylic acids is 1. The van der Waals surface area contributed by atoms with Gasteiger partial charge in [0.2, 0.25) is 0 Å². The van der Waals surface area contributed by atoms with Crippen LogP contribution in [0.5, 0.6) is 0 Å². The molecule has 1 N–H and O–H groups in total. The lowest BCUT2D eigenvalue weighted by molar-refractivity contribution is 0.0712. The second-order valence-corrected chi connectivity index (χ2v) is 12.4. The van der Waals surface area contributed by atoms with Crippen LogP contribution in [0, 0.1) is 25.2 Å². The van der Waals surface area contributed by atoms with E-state index < -0.39 is 6.09 Å². The Kier molecular flexibility index (Phi) is 7.65. The number of imidazole rings is 1. The summed E-state index contributed by atoms with van der Waals surface area (Å²) < 4.78 is 2.20. The molecular formula is C33H39N5O3. The molecule has 0 saturated carbocycles. The molecule has 214 valence electrons. The fraction of sp³-hybridized carbons (Fsp3) is 0.455. The summed E-state index contributed by atoms with van der Waals surface area (Å²) in [6.45, 7) is 12.7. The zero-order chi connectivity index (χ0) is 29.5. The van der Waals surface area contributed by atoms with E-state index in [0.717, 1.165) is 46.9 Å². The van der Waals surface area contributed by atoms with Gasteiger partial charge < -0.3 is 14.9 Å². The summed E-state index contributed by atoms with van der Waals surface area (Å²) in [5.41, 5.74) is 7.27. The average Bonchev–Trinajstić information content (AvgIpc) is 3.18. The minimum absolute atomic E-state index is 0.0441. The molecule has 0 unspecified atom stereocenters. The maximum Gasteiger partial charge on any atom is 0.407 e. The van der Waals surface area contributed by atoms with Gasteiger partial charge in [-0.05, 0) is 67.5 Å². The van der Waals surface area contributed by atoms with Crippen LogP contribution in [0.25, 0.3) is 5.69 Å². The second kappa shape index (κ2) is 11.0. The lowest BCUT2D eigenvalue weighted by atomic mass is 9.88. The van der Waals surface area contributed by atoms with Crippen LogP contribution in [0.4, 0.5) is 4.79 Å². The second-order valence-electron chi connectivity index (χ2n) is 12.4. The summed E-state index contributed by atoms with van der Waals surface area (Å²) in [5, 5.41) is 18.7. The quantitative estimate of drug-likeness (QED) is 0.445. The smallest absolute Gasteiger partial charge is 0.407 e. The Morgan fingerprint density at radius 1 is 0.951 bits per heavy atom. The molecule has 1 aromatic heterocycles. The van der Waals surface area contributed by atoms with Crippen LogP contribution >= 0.6 is 0 Å². The third-order valence-electron chi connectivity index (χ3n) is 8.54. The molecule has 0 aliphatic carbocycles. The number of amides is 2. The molecule has 2 aliphatic rings. The maximum atomic E-state index is 13.9. The Morgan fingerprint density at radius 3 is 2.22 bits per heavy atom. The fourth-order valence-corrected chi connectivity index (χ4v) is 6.23. The van der Waals surface area contributed by atoms with Crippen molar-refractivity contribution in [3.05, 3.63) is 81.4 Å². The minimum Gasteiger partial charge on any atom is -0.465 e. The van der Waals surface area contributed by atoms with E-state index in [9.17, 15) is 14.7 Å². The lowest BCUT2D eigenvalue weighted by Crippen LogP contribution is -2.38. The van der Waals surface area contributed by atoms with Gasteiger partial charge in [0, 0.05) is 55.7 Å². The first-order chi connectivity index (χ1) is 19.5. The van der Waals surface area contributed by atoms with Crippen LogP contribution in [0.3, 0.4) is 0 Å². The topological polar surface area (TPSA) is 102 Å². The van der Waals surface area contributed by atoms with Crippen LogP contribution in [-0.4, -0.2) is 62.6 Å². The summed E-state index contributed by atoms with van der Waals surface area (Å²) in [6.07, 6.45) is 2.02. The number of carbonyl (C=O) groups is 2. The van der Waals surface area contributed by atoms with E-state index in [1.54, 1.807) is 0 Å². The number of fused-ring (bicyclic) bond motifs is 1. The van der Waals surface area contributed by atoms with Gasteiger partial charge in [0.1, 0.15) is 5.82 Å². The molecule has 1 fully saturated rings. The number of piperidine rings is 1. The van der Waals surface area contributed by atoms with Crippen LogP contribution in [0.15, 0.2) is 36.4 Å². The molecule has 2 amide bonds. The van der Waals surface area contributed by atoms with Crippen molar-refractivity contribution in [3.8, 4) is 11.8 Å². The number of nitriles is 1. The van der Waals surface area contributed by atoms with E-state index in [0.29, 0.717) is 56.1 Å². The number of nitrogens with zero attached hydrogens (tertiary/aromatic N) is 5. The van der Waals surface area contributed by atoms with Crippen molar-refractivity contribution in [2.24, 2.45) is 0 Å². The summed E-state index contributed by atoms with van der Waals surface area (Å²) in [6, 6.07) is 14.1. The molecule has 0 spiro atoms. The lowest BCUT2D eigenvalue weighted by Gasteiger charge is -2.33. The summed E-state index contributed by atoms with van der Waals surface area (Å²) >= 11 is 0. The zero-order valence-electron chi connectivity index (χ0n) is 24.7. The van der Waals surface area contributed by atoms with Crippen LogP contribution < -0.4 is 0 Å². The molecule has 8 nitrogen and oxygen atoms in total. The van der Waals surface area contributed by atoms with Crippen molar-refractivity contribution in [2.45, 2.75) is 71.6 Å². The van der Waals surface area contributed by atoms with Crippen molar-refractivity contribution in [1.82, 2.24) is 19.4 Å². The van der Waals surface area contributed by atoms with Crippen molar-refractivity contribution in [3.63, 3.8) is 0 Å². The van der Waals surface area contributed by atoms with E-state index in [2.05, 4.69) is 44.4 Å². The highest BCUT2D eigenvalue weighted by Gasteiger charge is 2.31. The molecule has 0 bridgehead atoms. The number of hydrogen-bond donors (Lipinski definition) is 1. The highest BCUT2D eigenvalue weighted by Crippen LogP contribution is 2.34. The first kappa shape index (κ1) is 28.4. The van der Waals surface area contributed by atoms with Crippen molar-refractivity contribution in [1.29, 1.82) is 5.26 Å². The number of benzene rings is 2. The van der Waals surface area contributed by atoms with Crippen LogP contribution in [-0.2, 0) is 18.3 Å². The predicted molar refractivity (Wildman–Crippen MR) is 158 cm³/mol. The van der Waals surface area contributed by atoms with Gasteiger partial charge >= 0.3 is 6.09 Å². The van der Waals surface area contributed by atoms with Crippen molar-refractivity contribution < 1.29 is 14.7 Å². The molecule has 2 aliphatic heterocycles. The van der Waals surface area contributed by atoms with Gasteiger partial charge in [0.05, 0.1) is 23.0 Å². The van der Waals surface area contributed by atoms with Gasteiger partial charge in [0.15, 0.2) is 0 Å². The number of carboxylic acid groups (broad SMARTS) is 1. The van der Waals surface area contributed by atoms with E-state index in [1.807, 2.05) is 42.2 Å². The average molecular weight is 554 g/mol. The third-order valence-corrected chi connectivity index (χ3v) is 8.54. The van der Waals surface area contributed by atoms with Crippen LogP contribution in [0.1, 0.15) is 89.4 Å². The van der Waals surface area contributed by atoms with Crippen molar-refractivity contribution >= 4 is 12.0 Å². The van der Waals surface area contributed by atoms with E-state index >= 15 is 0 Å². The molecule has 5 rings (SSSR count). The highest BCUT2D eigenvalue weighted by atomic mass is 16.4. The Bertz CT molecular complexity index is 1520. The largest absolute Gasteiger partial charge is 0.465 e. The van der Waals surface area contributed by atoms with E-state index in [1.165, 1.54) is 10.5 Å². The van der Waals surface area contributed by atoms with Gasteiger partial charge in [-0.2, -0.15) is 5.26 Å². The molecule has 3 aromatic rings. The monoisotopic (exact) mass is 553 g/mol. The Labute approximate surface area is 242 Å². The molecule has 0 atom stereocenters. The first-order valence-corrected chi connectivity index (χ1v) is 14.5. The van der Waals surface area contributed by atoms with E-state index in [-0.39, 0.29) is 11.3 Å². The zero-order valence-corrected chi connectivity index (χ0v) is 24.7. The molecule has 3 heterocycles. The summed E-state index contributed by atoms with van der Waals surface area (Å²) in [4.78, 5) is 34.1. The van der Waals surface area contributed by atoms with Gasteiger partial charge in [-0.15, -0.1) is 0 Å². The predicted octanol–water partition coefficient (Wildman–Crippen LogP) is 5.76. The minimum atomic E-state index is -0.903. The Balaban J connectivity index is 1.45. The maximum absolute atomic E-state index is 13.9. The van der Waals surface area contributed by atoms with Gasteiger partial charge in [-0.1, -0.05) is 39.0 Å². The molecule has 41 heavy (non-hydrogen) atoms. The Morgan fingerprint density at radius 2 is 1.61 bits per heavy atom. The Hall–Kier alpha value is -4.12. The number of likely N-dealkylation sites (tertiary alicyclic amines) is 1. The summed E-state index contributed by atoms with van der Waals surface area (Å²) in [7, 11) is 0. The van der Waals surface area contributed by atoms with Gasteiger partial charge in [0.25, 0.3) is 5.91 Å². The van der Waals surface area contributed by atoms with E-state index in [4.69, 9.17) is 10.2 Å². The third kappa shape index (κ3) is 5.58. The number of rotatable bonds is 3. The molecule has 0 radical (unpaired) electrons. The number of aromatic nitrogens is 2. The fourth-order valence-electron chi connectivity index (χ4n) is 6.23. The number of aryl methyl sites for hydroxylation is 2. The van der Waals surface area contributed by atoms with Crippen LogP contribution in [0.2, 0.25) is 0 Å². The molecule has 8 heteroatoms. The SMILES string of the molecule is Cc1cc(C)c(-n2c(C(C)(C)C)nc3c2CCN(C(=O)O)CC3)cc1C(=O)N1CCC(c2ccc(C#N)cc2)CC1. The molecular weight excluding hydrogens is 514 g/mol. The highest BCUT2D eigenvalue weighted by molar-refractivity contribution is 5.96. The normalized spacial score (nSPS) is 16.2. The van der Waals surface area contributed by atoms with Gasteiger partial charge in [-0.25, -0.2) is 9.78 Å². The standard InChI is InChI=1S/C33H39N5O3/c1-21-18-22(2)29(38-28-13-17-37(32(40)41)16-12-27(28)35-31(38)33(3,4)5)19-26(21)30(39)36-14-10-25(11-15-36)24-8-6-23(20-34)7-9-24/h6-9,18-19,25H,10-17H2,1-5H3,(H,40,41). The first-order valence-electron chi connectivity index (χ1n) is 14.5. The molecule has 1 saturated heterocycles. The summed E-state index contributed by atoms with van der Waals surface area (Å²) in [5.74, 6) is 1.35. The number of hydrogen-bond acceptors (Lipinski definition) is 4. The van der Waals surface area contributed by atoms with Gasteiger partial charge in [-0.3, -0.25) is 9.36 Å². The molecule has 2 aromatic carbocycles.